The number of nitrogens with one attached hydrogen (secondary N) is 1. The lowest BCUT2D eigenvalue weighted by atomic mass is 10.1. The van der Waals surface area contributed by atoms with Gasteiger partial charge in [-0.05, 0) is 43.4 Å². The number of benzene rings is 1. The van der Waals surface area contributed by atoms with Gasteiger partial charge in [0.05, 0.1) is 0 Å². The van der Waals surface area contributed by atoms with Crippen LogP contribution >= 0.6 is 0 Å². The smallest absolute Gasteiger partial charge is 0.0499 e. The molecular formula is C14H21NO. The van der Waals surface area contributed by atoms with Crippen LogP contribution in [0.25, 0.3) is 0 Å². The summed E-state index contributed by atoms with van der Waals surface area (Å²) in [4.78, 5) is 0. The summed E-state index contributed by atoms with van der Waals surface area (Å²) >= 11 is 0. The van der Waals surface area contributed by atoms with Gasteiger partial charge in [0.25, 0.3) is 0 Å². The minimum atomic E-state index is 0.208. The van der Waals surface area contributed by atoms with Gasteiger partial charge in [0.1, 0.15) is 0 Å². The van der Waals surface area contributed by atoms with Crippen LogP contribution in [-0.4, -0.2) is 18.3 Å². The molecule has 2 rings (SSSR count). The molecule has 0 radical (unpaired) electrons. The third kappa shape index (κ3) is 2.63. The van der Waals surface area contributed by atoms with Gasteiger partial charge in [-0.25, -0.2) is 0 Å². The SMILES string of the molecule is Cc1ccc(CNCC2(CO)CC2)cc1C. The van der Waals surface area contributed by atoms with Gasteiger partial charge in [-0.1, -0.05) is 18.2 Å². The molecule has 1 aromatic carbocycles. The van der Waals surface area contributed by atoms with Gasteiger partial charge in [0, 0.05) is 25.1 Å². The molecule has 0 aromatic heterocycles. The molecule has 0 bridgehead atoms. The fraction of sp³-hybridized carbons (Fsp3) is 0.571. The second-order valence-electron chi connectivity index (χ2n) is 5.18. The first-order valence-corrected chi connectivity index (χ1v) is 6.03. The number of rotatable bonds is 5. The van der Waals surface area contributed by atoms with Gasteiger partial charge in [-0.15, -0.1) is 0 Å². The average Bonchev–Trinajstić information content (AvgIpc) is 3.04. The largest absolute Gasteiger partial charge is 0.396 e. The maximum atomic E-state index is 9.19. The van der Waals surface area contributed by atoms with Gasteiger partial charge < -0.3 is 10.4 Å². The van der Waals surface area contributed by atoms with Crippen LogP contribution in [0.3, 0.4) is 0 Å². The quantitative estimate of drug-likeness (QED) is 0.795. The van der Waals surface area contributed by atoms with Crippen molar-refractivity contribution < 1.29 is 5.11 Å². The Bertz CT molecular complexity index is 369. The first-order valence-electron chi connectivity index (χ1n) is 6.03. The van der Waals surface area contributed by atoms with Gasteiger partial charge in [-0.3, -0.25) is 0 Å². The molecule has 0 amide bonds. The molecule has 1 fully saturated rings. The number of aliphatic hydroxyl groups excluding tert-OH is 1. The van der Waals surface area contributed by atoms with Crippen LogP contribution in [0.1, 0.15) is 29.5 Å². The molecule has 0 spiro atoms. The Morgan fingerprint density at radius 1 is 1.25 bits per heavy atom. The minimum Gasteiger partial charge on any atom is -0.396 e. The summed E-state index contributed by atoms with van der Waals surface area (Å²) in [5.41, 5.74) is 4.23. The minimum absolute atomic E-state index is 0.208. The van der Waals surface area contributed by atoms with Crippen LogP contribution in [0.4, 0.5) is 0 Å². The summed E-state index contributed by atoms with van der Waals surface area (Å²) in [5, 5.41) is 12.6. The molecule has 16 heavy (non-hydrogen) atoms. The molecular weight excluding hydrogens is 198 g/mol. The van der Waals surface area contributed by atoms with Crippen LogP contribution in [0.15, 0.2) is 18.2 Å². The van der Waals surface area contributed by atoms with Crippen molar-refractivity contribution >= 4 is 0 Å². The predicted molar refractivity (Wildman–Crippen MR) is 66.4 cm³/mol. The number of aryl methyl sites for hydroxylation is 2. The highest BCUT2D eigenvalue weighted by Crippen LogP contribution is 2.44. The highest BCUT2D eigenvalue weighted by atomic mass is 16.3. The lowest BCUT2D eigenvalue weighted by Gasteiger charge is -2.13. The van der Waals surface area contributed by atoms with Gasteiger partial charge in [-0.2, -0.15) is 0 Å². The van der Waals surface area contributed by atoms with Crippen molar-refractivity contribution in [1.29, 1.82) is 0 Å². The standard InChI is InChI=1S/C14H21NO/c1-11-3-4-13(7-12(11)2)8-15-9-14(10-16)5-6-14/h3-4,7,15-16H,5-6,8-10H2,1-2H3. The lowest BCUT2D eigenvalue weighted by molar-refractivity contribution is 0.207. The van der Waals surface area contributed by atoms with Crippen LogP contribution in [0, 0.1) is 19.3 Å². The number of aliphatic hydroxyl groups is 1. The highest BCUT2D eigenvalue weighted by Gasteiger charge is 2.41. The van der Waals surface area contributed by atoms with E-state index >= 15 is 0 Å². The van der Waals surface area contributed by atoms with E-state index in [1.807, 2.05) is 0 Å². The van der Waals surface area contributed by atoms with Gasteiger partial charge in [0.15, 0.2) is 0 Å². The first kappa shape index (κ1) is 11.6. The maximum Gasteiger partial charge on any atom is 0.0499 e. The maximum absolute atomic E-state index is 9.19. The Kier molecular flexibility index (Phi) is 3.31. The van der Waals surface area contributed by atoms with E-state index in [0.717, 1.165) is 13.1 Å². The molecule has 1 aliphatic carbocycles. The second-order valence-corrected chi connectivity index (χ2v) is 5.18. The Morgan fingerprint density at radius 2 is 2.00 bits per heavy atom. The molecule has 1 aromatic rings. The summed E-state index contributed by atoms with van der Waals surface area (Å²) in [6.07, 6.45) is 2.34. The van der Waals surface area contributed by atoms with Crippen molar-refractivity contribution in [3.8, 4) is 0 Å². The monoisotopic (exact) mass is 219 g/mol. The first-order chi connectivity index (χ1) is 7.65. The van der Waals surface area contributed by atoms with Crippen molar-refractivity contribution in [2.24, 2.45) is 5.41 Å². The van der Waals surface area contributed by atoms with Crippen molar-refractivity contribution in [1.82, 2.24) is 5.32 Å². The molecule has 0 unspecified atom stereocenters. The zero-order valence-electron chi connectivity index (χ0n) is 10.2. The fourth-order valence-corrected chi connectivity index (χ4v) is 1.95. The van der Waals surface area contributed by atoms with Gasteiger partial charge >= 0.3 is 0 Å². The van der Waals surface area contributed by atoms with E-state index in [-0.39, 0.29) is 5.41 Å². The van der Waals surface area contributed by atoms with Crippen LogP contribution in [0.2, 0.25) is 0 Å². The summed E-state index contributed by atoms with van der Waals surface area (Å²) < 4.78 is 0. The summed E-state index contributed by atoms with van der Waals surface area (Å²) in [6.45, 7) is 6.46. The van der Waals surface area contributed by atoms with Crippen LogP contribution in [-0.2, 0) is 6.54 Å². The molecule has 1 saturated carbocycles. The van der Waals surface area contributed by atoms with Crippen molar-refractivity contribution in [2.75, 3.05) is 13.2 Å². The summed E-state index contributed by atoms with van der Waals surface area (Å²) in [5.74, 6) is 0. The molecule has 0 aliphatic heterocycles. The number of hydrogen-bond acceptors (Lipinski definition) is 2. The van der Waals surface area contributed by atoms with E-state index in [4.69, 9.17) is 0 Å². The third-order valence-electron chi connectivity index (χ3n) is 3.69. The molecule has 2 nitrogen and oxygen atoms in total. The topological polar surface area (TPSA) is 32.3 Å². The summed E-state index contributed by atoms with van der Waals surface area (Å²) in [6, 6.07) is 6.58. The van der Waals surface area contributed by atoms with E-state index in [9.17, 15) is 5.11 Å². The molecule has 0 atom stereocenters. The van der Waals surface area contributed by atoms with Crippen LogP contribution < -0.4 is 5.32 Å². The molecule has 0 saturated heterocycles. The molecule has 0 heterocycles. The normalized spacial score (nSPS) is 17.4. The van der Waals surface area contributed by atoms with Gasteiger partial charge in [0.2, 0.25) is 0 Å². The molecule has 2 heteroatoms. The highest BCUT2D eigenvalue weighted by molar-refractivity contribution is 5.29. The van der Waals surface area contributed by atoms with E-state index in [1.165, 1.54) is 29.5 Å². The third-order valence-corrected chi connectivity index (χ3v) is 3.69. The van der Waals surface area contributed by atoms with E-state index < -0.39 is 0 Å². The predicted octanol–water partition coefficient (Wildman–Crippen LogP) is 2.17. The summed E-state index contributed by atoms with van der Waals surface area (Å²) in [7, 11) is 0. The van der Waals surface area contributed by atoms with Crippen molar-refractivity contribution in [3.63, 3.8) is 0 Å². The number of hydrogen-bond donors (Lipinski definition) is 2. The van der Waals surface area contributed by atoms with Crippen molar-refractivity contribution in [2.45, 2.75) is 33.2 Å². The zero-order chi connectivity index (χ0) is 11.6. The van der Waals surface area contributed by atoms with Crippen LogP contribution in [0.5, 0.6) is 0 Å². The lowest BCUT2D eigenvalue weighted by Crippen LogP contribution is -2.26. The molecule has 2 N–H and O–H groups in total. The van der Waals surface area contributed by atoms with E-state index in [0.29, 0.717) is 6.61 Å². The Hall–Kier alpha value is -0.860. The Balaban J connectivity index is 1.83. The zero-order valence-corrected chi connectivity index (χ0v) is 10.2. The Labute approximate surface area is 97.7 Å². The molecule has 1 aliphatic rings. The van der Waals surface area contributed by atoms with E-state index in [2.05, 4.69) is 37.4 Å². The molecule has 88 valence electrons. The average molecular weight is 219 g/mol. The second kappa shape index (κ2) is 4.56. The fourth-order valence-electron chi connectivity index (χ4n) is 1.95. The van der Waals surface area contributed by atoms with E-state index in [1.54, 1.807) is 0 Å². The van der Waals surface area contributed by atoms with Crippen molar-refractivity contribution in [3.05, 3.63) is 34.9 Å². The Morgan fingerprint density at radius 3 is 2.56 bits per heavy atom.